The van der Waals surface area contributed by atoms with Crippen LogP contribution in [0.15, 0.2) is 41.3 Å². The first-order valence-electron chi connectivity index (χ1n) is 12.9. The summed E-state index contributed by atoms with van der Waals surface area (Å²) >= 11 is 0. The zero-order valence-corrected chi connectivity index (χ0v) is 22.7. The Balaban J connectivity index is 0.00000336. The van der Waals surface area contributed by atoms with Gasteiger partial charge < -0.3 is 21.3 Å². The minimum Gasteiger partial charge on any atom is -0.338 e. The van der Waals surface area contributed by atoms with Gasteiger partial charge in [0.15, 0.2) is 0 Å². The van der Waals surface area contributed by atoms with E-state index in [1.54, 1.807) is 35.9 Å². The van der Waals surface area contributed by atoms with Gasteiger partial charge in [0.25, 0.3) is 0 Å². The minimum absolute atomic E-state index is 0. The molecule has 5 rings (SSSR count). The normalized spacial score (nSPS) is 23.3. The van der Waals surface area contributed by atoms with E-state index in [0.29, 0.717) is 37.8 Å². The summed E-state index contributed by atoms with van der Waals surface area (Å²) in [7, 11) is 0. The quantitative estimate of drug-likeness (QED) is 0.509. The summed E-state index contributed by atoms with van der Waals surface area (Å²) < 4.78 is 1.45. The van der Waals surface area contributed by atoms with E-state index in [0.717, 1.165) is 32.5 Å². The monoisotopic (exact) mass is 544 g/mol. The van der Waals surface area contributed by atoms with Gasteiger partial charge in [0.1, 0.15) is 5.82 Å². The summed E-state index contributed by atoms with van der Waals surface area (Å²) in [6.45, 7) is 7.85. The molecule has 2 aromatic rings. The van der Waals surface area contributed by atoms with Crippen LogP contribution in [-0.2, 0) is 11.3 Å². The van der Waals surface area contributed by atoms with Crippen LogP contribution < -0.4 is 22.5 Å². The Labute approximate surface area is 228 Å². The third-order valence-corrected chi connectivity index (χ3v) is 7.72. The molecule has 2 aliphatic heterocycles. The number of fused-ring (bicyclic) bond motifs is 1. The number of piperidine rings is 1. The van der Waals surface area contributed by atoms with Crippen molar-refractivity contribution in [2.24, 2.45) is 17.4 Å². The Morgan fingerprint density at radius 3 is 2.34 bits per heavy atom. The molecule has 2 unspecified atom stereocenters. The van der Waals surface area contributed by atoms with Gasteiger partial charge in [-0.2, -0.15) is 4.98 Å². The van der Waals surface area contributed by atoms with Crippen LogP contribution in [0.1, 0.15) is 32.3 Å². The van der Waals surface area contributed by atoms with Crippen LogP contribution in [0.25, 0.3) is 5.69 Å². The second-order valence-electron chi connectivity index (χ2n) is 11.2. The maximum absolute atomic E-state index is 12.7. The van der Waals surface area contributed by atoms with E-state index in [1.165, 1.54) is 10.1 Å². The number of rotatable bonds is 5. The standard InChI is InChI=1S/C26H36N8O3.ClH/c1-25(2,27)22(35)32-11-13-33(14-12-32)23(36)29-21-7-9-34(24(37)30-21)20-5-3-18(4-6-20)16-31-10-8-26(28)15-19(26)17-31;/h3-7,9,19H,8,10-17,27-28H2,1-2H3,(H,29,30,36,37);1H. The predicted octanol–water partition coefficient (Wildman–Crippen LogP) is 0.991. The molecule has 1 saturated carbocycles. The Morgan fingerprint density at radius 2 is 1.74 bits per heavy atom. The molecule has 3 aliphatic rings. The molecule has 0 radical (unpaired) electrons. The number of halogens is 1. The summed E-state index contributed by atoms with van der Waals surface area (Å²) in [6.07, 6.45) is 3.81. The van der Waals surface area contributed by atoms with Gasteiger partial charge in [-0.15, -0.1) is 12.4 Å². The van der Waals surface area contributed by atoms with Crippen molar-refractivity contribution in [1.82, 2.24) is 24.3 Å². The summed E-state index contributed by atoms with van der Waals surface area (Å²) in [6, 6.07) is 9.13. The van der Waals surface area contributed by atoms with E-state index in [2.05, 4.69) is 15.2 Å². The van der Waals surface area contributed by atoms with Gasteiger partial charge in [0.2, 0.25) is 5.91 Å². The van der Waals surface area contributed by atoms with Gasteiger partial charge in [-0.25, -0.2) is 9.59 Å². The van der Waals surface area contributed by atoms with Crippen molar-refractivity contribution in [2.45, 2.75) is 44.3 Å². The van der Waals surface area contributed by atoms with Gasteiger partial charge in [0.05, 0.1) is 11.2 Å². The number of urea groups is 1. The van der Waals surface area contributed by atoms with Crippen molar-refractivity contribution in [3.05, 3.63) is 52.6 Å². The average molecular weight is 545 g/mol. The van der Waals surface area contributed by atoms with Gasteiger partial charge in [-0.3, -0.25) is 19.6 Å². The summed E-state index contributed by atoms with van der Waals surface area (Å²) in [5.41, 5.74) is 12.8. The molecule has 0 bridgehead atoms. The maximum Gasteiger partial charge on any atom is 0.354 e. The summed E-state index contributed by atoms with van der Waals surface area (Å²) in [5, 5.41) is 2.69. The average Bonchev–Trinajstić information content (AvgIpc) is 3.54. The van der Waals surface area contributed by atoms with E-state index in [-0.39, 0.29) is 35.7 Å². The first-order valence-corrected chi connectivity index (χ1v) is 12.9. The molecule has 38 heavy (non-hydrogen) atoms. The first-order chi connectivity index (χ1) is 17.5. The number of piperazine rings is 1. The zero-order valence-electron chi connectivity index (χ0n) is 21.9. The lowest BCUT2D eigenvalue weighted by Crippen LogP contribution is -2.58. The number of nitrogens with zero attached hydrogens (tertiary/aromatic N) is 5. The third kappa shape index (κ3) is 6.01. The fraction of sp³-hybridized carbons (Fsp3) is 0.538. The van der Waals surface area contributed by atoms with Crippen molar-refractivity contribution in [1.29, 1.82) is 0 Å². The van der Waals surface area contributed by atoms with Gasteiger partial charge in [0, 0.05) is 57.5 Å². The van der Waals surface area contributed by atoms with E-state index in [9.17, 15) is 14.4 Å². The second kappa shape index (κ2) is 10.6. The minimum atomic E-state index is -0.944. The molecular weight excluding hydrogens is 508 g/mol. The van der Waals surface area contributed by atoms with Crippen LogP contribution in [-0.4, -0.2) is 86.5 Å². The van der Waals surface area contributed by atoms with E-state index in [4.69, 9.17) is 11.5 Å². The lowest BCUT2D eigenvalue weighted by Gasteiger charge is -2.37. The fourth-order valence-corrected chi connectivity index (χ4v) is 5.26. The molecule has 206 valence electrons. The van der Waals surface area contributed by atoms with Crippen LogP contribution in [0.2, 0.25) is 0 Å². The van der Waals surface area contributed by atoms with E-state index in [1.807, 2.05) is 24.3 Å². The second-order valence-corrected chi connectivity index (χ2v) is 11.2. The molecule has 0 spiro atoms. The Kier molecular flexibility index (Phi) is 7.85. The Morgan fingerprint density at radius 1 is 1.08 bits per heavy atom. The molecule has 1 aromatic carbocycles. The van der Waals surface area contributed by atoms with Crippen molar-refractivity contribution < 1.29 is 9.59 Å². The predicted molar refractivity (Wildman–Crippen MR) is 147 cm³/mol. The molecule has 11 nitrogen and oxygen atoms in total. The number of hydrogen-bond donors (Lipinski definition) is 3. The van der Waals surface area contributed by atoms with Crippen LogP contribution >= 0.6 is 12.4 Å². The molecular formula is C26H37ClN8O3. The van der Waals surface area contributed by atoms with Crippen molar-refractivity contribution in [3.8, 4) is 5.69 Å². The number of likely N-dealkylation sites (tertiary alicyclic amines) is 1. The number of hydrogen-bond acceptors (Lipinski definition) is 7. The molecule has 1 aromatic heterocycles. The summed E-state index contributed by atoms with van der Waals surface area (Å²) in [4.78, 5) is 47.5. The Hall–Kier alpha value is -2.99. The number of nitrogens with one attached hydrogen (secondary N) is 1. The highest BCUT2D eigenvalue weighted by molar-refractivity contribution is 5.89. The Bertz CT molecular complexity index is 1240. The highest BCUT2D eigenvalue weighted by Crippen LogP contribution is 2.47. The fourth-order valence-electron chi connectivity index (χ4n) is 5.26. The topological polar surface area (TPSA) is 143 Å². The third-order valence-electron chi connectivity index (χ3n) is 7.72. The van der Waals surface area contributed by atoms with E-state index < -0.39 is 11.2 Å². The molecule has 12 heteroatoms. The van der Waals surface area contributed by atoms with E-state index >= 15 is 0 Å². The molecule has 1 aliphatic carbocycles. The number of nitrogens with two attached hydrogens (primary N) is 2. The molecule has 3 heterocycles. The van der Waals surface area contributed by atoms with Gasteiger partial charge >= 0.3 is 11.7 Å². The van der Waals surface area contributed by atoms with Crippen LogP contribution in [0.4, 0.5) is 10.6 Å². The smallest absolute Gasteiger partial charge is 0.338 e. The van der Waals surface area contributed by atoms with Crippen molar-refractivity contribution >= 4 is 30.2 Å². The maximum atomic E-state index is 12.7. The number of aromatic nitrogens is 2. The summed E-state index contributed by atoms with van der Waals surface area (Å²) in [5.74, 6) is 0.672. The first kappa shape index (κ1) is 28.0. The number of carbonyl (C=O) groups excluding carboxylic acids is 2. The number of benzene rings is 1. The van der Waals surface area contributed by atoms with Gasteiger partial charge in [-0.1, -0.05) is 12.1 Å². The van der Waals surface area contributed by atoms with Crippen LogP contribution in [0, 0.1) is 5.92 Å². The SMILES string of the molecule is CC(C)(N)C(=O)N1CCN(C(=O)Nc2ccn(-c3ccc(CN4CCC5(N)CC5C4)cc3)c(=O)n2)CC1.Cl. The van der Waals surface area contributed by atoms with Crippen molar-refractivity contribution in [2.75, 3.05) is 44.6 Å². The largest absolute Gasteiger partial charge is 0.354 e. The lowest BCUT2D eigenvalue weighted by atomic mass is 10.0. The molecule has 3 fully saturated rings. The van der Waals surface area contributed by atoms with Crippen LogP contribution in [0.5, 0.6) is 0 Å². The molecule has 2 saturated heterocycles. The number of amides is 3. The van der Waals surface area contributed by atoms with Crippen molar-refractivity contribution in [3.63, 3.8) is 0 Å². The number of anilines is 1. The van der Waals surface area contributed by atoms with Gasteiger partial charge in [-0.05, 0) is 56.4 Å². The highest BCUT2D eigenvalue weighted by atomic mass is 35.5. The highest BCUT2D eigenvalue weighted by Gasteiger charge is 2.53. The zero-order chi connectivity index (χ0) is 26.4. The molecule has 2 atom stereocenters. The molecule has 5 N–H and O–H groups in total. The lowest BCUT2D eigenvalue weighted by molar-refractivity contribution is -0.137. The molecule has 3 amide bonds. The number of carbonyl (C=O) groups is 2. The van der Waals surface area contributed by atoms with Crippen LogP contribution in [0.3, 0.4) is 0 Å².